The number of ether oxygens (including phenoxy) is 1. The van der Waals surface area contributed by atoms with E-state index in [0.29, 0.717) is 23.9 Å². The first-order chi connectivity index (χ1) is 11.5. The second-order valence-electron chi connectivity index (χ2n) is 5.74. The Labute approximate surface area is 148 Å². The molecule has 5 heteroatoms. The van der Waals surface area contributed by atoms with Gasteiger partial charge in [0.1, 0.15) is 12.4 Å². The van der Waals surface area contributed by atoms with Crippen LogP contribution >= 0.6 is 11.6 Å². The molecule has 0 fully saturated rings. The highest BCUT2D eigenvalue weighted by Gasteiger charge is 2.18. The van der Waals surface area contributed by atoms with Crippen molar-refractivity contribution in [3.05, 3.63) is 59.1 Å². The van der Waals surface area contributed by atoms with Crippen molar-refractivity contribution in [2.24, 2.45) is 0 Å². The van der Waals surface area contributed by atoms with Crippen LogP contribution in [0.2, 0.25) is 5.02 Å². The van der Waals surface area contributed by atoms with E-state index < -0.39 is 0 Å². The molecule has 4 nitrogen and oxygen atoms in total. The lowest BCUT2D eigenvalue weighted by Crippen LogP contribution is -2.41. The number of carbonyl (C=O) groups excluding carboxylic acids is 1. The van der Waals surface area contributed by atoms with Gasteiger partial charge in [0.2, 0.25) is 5.91 Å². The maximum atomic E-state index is 12.3. The fourth-order valence-electron chi connectivity index (χ4n) is 2.21. The van der Waals surface area contributed by atoms with Crippen LogP contribution in [0.4, 0.5) is 5.69 Å². The second-order valence-corrected chi connectivity index (χ2v) is 6.15. The molecule has 0 heterocycles. The fourth-order valence-corrected chi connectivity index (χ4v) is 2.39. The van der Waals surface area contributed by atoms with Gasteiger partial charge < -0.3 is 10.1 Å². The minimum absolute atomic E-state index is 0.0958. The Kier molecular flexibility index (Phi) is 6.64. The number of hydrogen-bond donors (Lipinski definition) is 1. The first kappa shape index (κ1) is 18.3. The lowest BCUT2D eigenvalue weighted by atomic mass is 10.2. The summed E-state index contributed by atoms with van der Waals surface area (Å²) in [6, 6.07) is 14.8. The normalized spacial score (nSPS) is 12.0. The molecule has 0 saturated carbocycles. The maximum Gasteiger partial charge on any atom is 0.241 e. The number of carbonyl (C=O) groups is 1. The van der Waals surface area contributed by atoms with E-state index in [2.05, 4.69) is 5.32 Å². The fraction of sp³-hybridized carbons (Fsp3) is 0.316. The van der Waals surface area contributed by atoms with E-state index >= 15 is 0 Å². The molecule has 0 saturated heterocycles. The SMILES string of the molecule is Cc1ccccc1OCCN(C)C(C)C(=O)Nc1ccccc1Cl. The third kappa shape index (κ3) is 4.98. The zero-order valence-electron chi connectivity index (χ0n) is 14.3. The summed E-state index contributed by atoms with van der Waals surface area (Å²) >= 11 is 6.07. The second kappa shape index (κ2) is 8.71. The number of benzene rings is 2. The zero-order valence-corrected chi connectivity index (χ0v) is 15.0. The van der Waals surface area contributed by atoms with E-state index in [4.69, 9.17) is 16.3 Å². The maximum absolute atomic E-state index is 12.3. The first-order valence-electron chi connectivity index (χ1n) is 7.93. The van der Waals surface area contributed by atoms with Crippen LogP contribution in [0, 0.1) is 6.92 Å². The number of rotatable bonds is 7. The molecule has 0 spiro atoms. The number of amides is 1. The van der Waals surface area contributed by atoms with Gasteiger partial charge in [0, 0.05) is 6.54 Å². The number of anilines is 1. The van der Waals surface area contributed by atoms with Crippen LogP contribution in [0.5, 0.6) is 5.75 Å². The van der Waals surface area contributed by atoms with Crippen molar-refractivity contribution in [1.82, 2.24) is 4.90 Å². The van der Waals surface area contributed by atoms with Crippen molar-refractivity contribution >= 4 is 23.2 Å². The largest absolute Gasteiger partial charge is 0.492 e. The van der Waals surface area contributed by atoms with E-state index in [-0.39, 0.29) is 11.9 Å². The summed E-state index contributed by atoms with van der Waals surface area (Å²) in [6.45, 7) is 5.04. The summed E-state index contributed by atoms with van der Waals surface area (Å²) in [5.74, 6) is 0.778. The smallest absolute Gasteiger partial charge is 0.241 e. The average molecular weight is 347 g/mol. The quantitative estimate of drug-likeness (QED) is 0.824. The average Bonchev–Trinajstić information content (AvgIpc) is 2.57. The Morgan fingerprint density at radius 1 is 1.21 bits per heavy atom. The number of nitrogens with one attached hydrogen (secondary N) is 1. The lowest BCUT2D eigenvalue weighted by Gasteiger charge is -2.24. The Hall–Kier alpha value is -2.04. The monoisotopic (exact) mass is 346 g/mol. The summed E-state index contributed by atoms with van der Waals surface area (Å²) in [4.78, 5) is 14.3. The van der Waals surface area contributed by atoms with Crippen LogP contribution in [-0.4, -0.2) is 37.0 Å². The van der Waals surface area contributed by atoms with E-state index in [1.807, 2.05) is 62.2 Å². The van der Waals surface area contributed by atoms with Gasteiger partial charge >= 0.3 is 0 Å². The summed E-state index contributed by atoms with van der Waals surface area (Å²) in [5.41, 5.74) is 1.73. The number of aryl methyl sites for hydroxylation is 1. The number of hydrogen-bond acceptors (Lipinski definition) is 3. The molecule has 0 aliphatic carbocycles. The van der Waals surface area contributed by atoms with E-state index in [1.54, 1.807) is 12.1 Å². The van der Waals surface area contributed by atoms with Gasteiger partial charge in [-0.1, -0.05) is 41.9 Å². The molecule has 0 aliphatic rings. The van der Waals surface area contributed by atoms with Gasteiger partial charge in [-0.3, -0.25) is 9.69 Å². The van der Waals surface area contributed by atoms with Gasteiger partial charge in [-0.2, -0.15) is 0 Å². The summed E-state index contributed by atoms with van der Waals surface area (Å²) in [7, 11) is 1.90. The highest BCUT2D eigenvalue weighted by atomic mass is 35.5. The number of nitrogens with zero attached hydrogens (tertiary/aromatic N) is 1. The Morgan fingerprint density at radius 2 is 1.88 bits per heavy atom. The minimum atomic E-state index is -0.290. The molecular weight excluding hydrogens is 324 g/mol. The third-order valence-electron chi connectivity index (χ3n) is 3.97. The standard InChI is InChI=1S/C19H23ClN2O2/c1-14-8-4-7-11-18(14)24-13-12-22(3)15(2)19(23)21-17-10-6-5-9-16(17)20/h4-11,15H,12-13H2,1-3H3,(H,21,23). The van der Waals surface area contributed by atoms with Crippen LogP contribution in [-0.2, 0) is 4.79 Å². The summed E-state index contributed by atoms with van der Waals surface area (Å²) < 4.78 is 5.78. The summed E-state index contributed by atoms with van der Waals surface area (Å²) in [5, 5.41) is 3.39. The Bertz CT molecular complexity index is 691. The van der Waals surface area contributed by atoms with Gasteiger partial charge in [-0.25, -0.2) is 0 Å². The molecular formula is C19H23ClN2O2. The van der Waals surface area contributed by atoms with Crippen LogP contribution < -0.4 is 10.1 Å². The number of likely N-dealkylation sites (N-methyl/N-ethyl adjacent to an activating group) is 1. The van der Waals surface area contributed by atoms with Crippen molar-refractivity contribution < 1.29 is 9.53 Å². The van der Waals surface area contributed by atoms with E-state index in [1.165, 1.54) is 0 Å². The van der Waals surface area contributed by atoms with Gasteiger partial charge in [0.25, 0.3) is 0 Å². The van der Waals surface area contributed by atoms with E-state index in [9.17, 15) is 4.79 Å². The molecule has 0 aliphatic heterocycles. The van der Waals surface area contributed by atoms with Crippen LogP contribution in [0.15, 0.2) is 48.5 Å². The van der Waals surface area contributed by atoms with Crippen LogP contribution in [0.25, 0.3) is 0 Å². The molecule has 24 heavy (non-hydrogen) atoms. The first-order valence-corrected chi connectivity index (χ1v) is 8.31. The van der Waals surface area contributed by atoms with Crippen LogP contribution in [0.3, 0.4) is 0 Å². The molecule has 2 aromatic rings. The van der Waals surface area contributed by atoms with Gasteiger partial charge in [0.15, 0.2) is 0 Å². The van der Waals surface area contributed by atoms with Crippen molar-refractivity contribution in [3.63, 3.8) is 0 Å². The van der Waals surface area contributed by atoms with Crippen molar-refractivity contribution in [2.45, 2.75) is 19.9 Å². The molecule has 0 radical (unpaired) electrons. The molecule has 2 rings (SSSR count). The molecule has 1 atom stereocenters. The predicted octanol–water partition coefficient (Wildman–Crippen LogP) is 3.99. The minimum Gasteiger partial charge on any atom is -0.492 e. The Morgan fingerprint density at radius 3 is 2.58 bits per heavy atom. The molecule has 1 N–H and O–H groups in total. The highest BCUT2D eigenvalue weighted by molar-refractivity contribution is 6.33. The molecule has 0 bridgehead atoms. The number of para-hydroxylation sites is 2. The van der Waals surface area contributed by atoms with Crippen molar-refractivity contribution in [2.75, 3.05) is 25.5 Å². The molecule has 0 aromatic heterocycles. The molecule has 1 amide bonds. The van der Waals surface area contributed by atoms with Crippen LogP contribution in [0.1, 0.15) is 12.5 Å². The third-order valence-corrected chi connectivity index (χ3v) is 4.30. The topological polar surface area (TPSA) is 41.6 Å². The predicted molar refractivity (Wildman–Crippen MR) is 98.8 cm³/mol. The molecule has 2 aromatic carbocycles. The lowest BCUT2D eigenvalue weighted by molar-refractivity contribution is -0.120. The van der Waals surface area contributed by atoms with Gasteiger partial charge in [-0.15, -0.1) is 0 Å². The summed E-state index contributed by atoms with van der Waals surface area (Å²) in [6.07, 6.45) is 0. The highest BCUT2D eigenvalue weighted by Crippen LogP contribution is 2.21. The number of halogens is 1. The Balaban J connectivity index is 1.83. The van der Waals surface area contributed by atoms with Gasteiger partial charge in [0.05, 0.1) is 16.8 Å². The van der Waals surface area contributed by atoms with Crippen molar-refractivity contribution in [1.29, 1.82) is 0 Å². The van der Waals surface area contributed by atoms with Gasteiger partial charge in [-0.05, 0) is 44.7 Å². The van der Waals surface area contributed by atoms with E-state index in [0.717, 1.165) is 11.3 Å². The van der Waals surface area contributed by atoms with Crippen molar-refractivity contribution in [3.8, 4) is 5.75 Å². The zero-order chi connectivity index (χ0) is 17.5. The molecule has 1 unspecified atom stereocenters. The molecule has 128 valence electrons.